The van der Waals surface area contributed by atoms with Gasteiger partial charge in [0.2, 0.25) is 0 Å². The van der Waals surface area contributed by atoms with Gasteiger partial charge in [0, 0.05) is 37.9 Å². The van der Waals surface area contributed by atoms with Gasteiger partial charge in [0.05, 0.1) is 10.6 Å². The molecule has 11 heteroatoms. The molecule has 1 saturated heterocycles. The third-order valence-corrected chi connectivity index (χ3v) is 4.85. The normalized spacial score (nSPS) is 15.5. The van der Waals surface area contributed by atoms with E-state index in [0.29, 0.717) is 32.5 Å². The molecule has 1 aliphatic heterocycles. The number of carbonyl (C=O) groups is 1. The van der Waals surface area contributed by atoms with Crippen LogP contribution in [0, 0.1) is 10.1 Å². The summed E-state index contributed by atoms with van der Waals surface area (Å²) in [4.78, 5) is 29.6. The van der Waals surface area contributed by atoms with Crippen LogP contribution in [0.4, 0.5) is 18.9 Å². The maximum Gasteiger partial charge on any atom is 0.422 e. The van der Waals surface area contributed by atoms with Crippen LogP contribution in [-0.4, -0.2) is 52.6 Å². The number of piperidine rings is 1. The van der Waals surface area contributed by atoms with E-state index in [-0.39, 0.29) is 17.4 Å². The van der Waals surface area contributed by atoms with Gasteiger partial charge in [-0.1, -0.05) is 6.07 Å². The Hall–Kier alpha value is -3.21. The highest BCUT2D eigenvalue weighted by atomic mass is 19.4. The topological polar surface area (TPSA) is 97.6 Å². The average Bonchev–Trinajstić information content (AvgIpc) is 2.73. The van der Waals surface area contributed by atoms with Gasteiger partial charge in [-0.05, 0) is 37.1 Å². The molecule has 0 atom stereocenters. The van der Waals surface area contributed by atoms with Gasteiger partial charge in [-0.2, -0.15) is 13.2 Å². The first kappa shape index (κ1) is 22.5. The highest BCUT2D eigenvalue weighted by Gasteiger charge is 2.30. The van der Waals surface area contributed by atoms with Crippen LogP contribution in [0.3, 0.4) is 0 Å². The molecule has 0 bridgehead atoms. The van der Waals surface area contributed by atoms with E-state index in [1.165, 1.54) is 0 Å². The Morgan fingerprint density at radius 2 is 2.00 bits per heavy atom. The Labute approximate surface area is 176 Å². The Bertz CT molecular complexity index is 916. The number of nitrogens with one attached hydrogen (secondary N) is 1. The maximum absolute atomic E-state index is 12.6. The fourth-order valence-electron chi connectivity index (χ4n) is 3.33. The number of likely N-dealkylation sites (tertiary alicyclic amines) is 1. The third kappa shape index (κ3) is 6.64. The molecule has 31 heavy (non-hydrogen) atoms. The van der Waals surface area contributed by atoms with Gasteiger partial charge >= 0.3 is 6.18 Å². The molecule has 8 nitrogen and oxygen atoms in total. The van der Waals surface area contributed by atoms with E-state index >= 15 is 0 Å². The van der Waals surface area contributed by atoms with Crippen molar-refractivity contribution >= 4 is 11.6 Å². The van der Waals surface area contributed by atoms with Gasteiger partial charge in [0.15, 0.2) is 6.61 Å². The summed E-state index contributed by atoms with van der Waals surface area (Å²) in [7, 11) is 0. The quantitative estimate of drug-likeness (QED) is 0.526. The zero-order valence-electron chi connectivity index (χ0n) is 16.5. The number of halogens is 3. The van der Waals surface area contributed by atoms with Crippen molar-refractivity contribution in [1.82, 2.24) is 15.2 Å². The molecule has 1 aromatic heterocycles. The highest BCUT2D eigenvalue weighted by Crippen LogP contribution is 2.26. The molecule has 1 aliphatic rings. The van der Waals surface area contributed by atoms with Crippen molar-refractivity contribution in [2.45, 2.75) is 31.6 Å². The number of nitrogens with zero attached hydrogens (tertiary/aromatic N) is 3. The number of benzene rings is 1. The molecule has 0 saturated carbocycles. The molecule has 1 amide bonds. The van der Waals surface area contributed by atoms with Crippen molar-refractivity contribution in [3.8, 4) is 5.75 Å². The number of pyridine rings is 1. The summed E-state index contributed by atoms with van der Waals surface area (Å²) >= 11 is 0. The second-order valence-corrected chi connectivity index (χ2v) is 7.18. The van der Waals surface area contributed by atoms with E-state index in [4.69, 9.17) is 0 Å². The smallest absolute Gasteiger partial charge is 0.422 e. The molecule has 3 rings (SSSR count). The predicted molar refractivity (Wildman–Crippen MR) is 105 cm³/mol. The van der Waals surface area contributed by atoms with Gasteiger partial charge in [-0.15, -0.1) is 0 Å². The number of alkyl halides is 3. The SMILES string of the molecule is O=C(NC1CCN(Cc2ccccn2)CC1)c1cc(OCC(F)(F)F)ccc1[N+](=O)[O-]. The molecule has 2 aromatic rings. The van der Waals surface area contributed by atoms with Crippen LogP contribution in [-0.2, 0) is 6.54 Å². The Morgan fingerprint density at radius 1 is 1.26 bits per heavy atom. The van der Waals surface area contributed by atoms with Crippen LogP contribution in [0.15, 0.2) is 42.6 Å². The third-order valence-electron chi connectivity index (χ3n) is 4.85. The molecule has 2 heterocycles. The summed E-state index contributed by atoms with van der Waals surface area (Å²) < 4.78 is 41.7. The molecule has 1 N–H and O–H groups in total. The molecule has 166 valence electrons. The molecular weight excluding hydrogens is 417 g/mol. The predicted octanol–water partition coefficient (Wildman–Crippen LogP) is 3.33. The molecular formula is C20H21F3N4O4. The summed E-state index contributed by atoms with van der Waals surface area (Å²) in [6, 6.07) is 8.46. The van der Waals surface area contributed by atoms with E-state index in [1.54, 1.807) is 6.20 Å². The monoisotopic (exact) mass is 438 g/mol. The van der Waals surface area contributed by atoms with Crippen molar-refractivity contribution < 1.29 is 27.6 Å². The summed E-state index contributed by atoms with van der Waals surface area (Å²) in [5.41, 5.74) is 0.112. The van der Waals surface area contributed by atoms with Gasteiger partial charge < -0.3 is 10.1 Å². The standard InChI is InChI=1S/C20H21F3N4O4/c21-20(22,23)13-31-16-4-5-18(27(29)30)17(11-16)19(28)25-14-6-9-26(10-7-14)12-15-3-1-2-8-24-15/h1-5,8,11,14H,6-7,9-10,12-13H2,(H,25,28). The van der Waals surface area contributed by atoms with E-state index in [9.17, 15) is 28.1 Å². The van der Waals surface area contributed by atoms with Crippen molar-refractivity contribution in [3.05, 3.63) is 64.0 Å². The number of aromatic nitrogens is 1. The van der Waals surface area contributed by atoms with Crippen LogP contribution in [0.2, 0.25) is 0 Å². The number of rotatable bonds is 7. The zero-order chi connectivity index (χ0) is 22.4. The first-order valence-corrected chi connectivity index (χ1v) is 9.62. The van der Waals surface area contributed by atoms with Crippen LogP contribution in [0.1, 0.15) is 28.9 Å². The zero-order valence-corrected chi connectivity index (χ0v) is 16.5. The largest absolute Gasteiger partial charge is 0.484 e. The van der Waals surface area contributed by atoms with Crippen molar-refractivity contribution in [2.24, 2.45) is 0 Å². The summed E-state index contributed by atoms with van der Waals surface area (Å²) in [5, 5.41) is 14.0. The lowest BCUT2D eigenvalue weighted by Gasteiger charge is -2.32. The Kier molecular flexibility index (Phi) is 7.06. The number of ether oxygens (including phenoxy) is 1. The summed E-state index contributed by atoms with van der Waals surface area (Å²) in [6.45, 7) is 0.545. The lowest BCUT2D eigenvalue weighted by molar-refractivity contribution is -0.385. The van der Waals surface area contributed by atoms with Crippen LogP contribution < -0.4 is 10.1 Å². The van der Waals surface area contributed by atoms with Crippen LogP contribution in [0.25, 0.3) is 0 Å². The summed E-state index contributed by atoms with van der Waals surface area (Å²) in [6.07, 6.45) is -1.57. The van der Waals surface area contributed by atoms with E-state index in [2.05, 4.69) is 19.9 Å². The lowest BCUT2D eigenvalue weighted by Crippen LogP contribution is -2.44. The van der Waals surface area contributed by atoms with Gasteiger partial charge in [-0.25, -0.2) is 0 Å². The van der Waals surface area contributed by atoms with Crippen molar-refractivity contribution in [2.75, 3.05) is 19.7 Å². The number of amides is 1. The Balaban J connectivity index is 1.61. The molecule has 0 spiro atoms. The lowest BCUT2D eigenvalue weighted by atomic mass is 10.0. The minimum atomic E-state index is -4.56. The molecule has 1 aromatic carbocycles. The van der Waals surface area contributed by atoms with Crippen LogP contribution in [0.5, 0.6) is 5.75 Å². The summed E-state index contributed by atoms with van der Waals surface area (Å²) in [5.74, 6) is -0.981. The minimum absolute atomic E-state index is 0.202. The molecule has 1 fully saturated rings. The van der Waals surface area contributed by atoms with Gasteiger partial charge in [0.1, 0.15) is 11.3 Å². The number of carbonyl (C=O) groups excluding carboxylic acids is 1. The molecule has 0 unspecified atom stereocenters. The molecule has 0 radical (unpaired) electrons. The second kappa shape index (κ2) is 9.73. The first-order chi connectivity index (χ1) is 14.7. The highest BCUT2D eigenvalue weighted by molar-refractivity contribution is 5.98. The fourth-order valence-corrected chi connectivity index (χ4v) is 3.33. The number of hydrogen-bond donors (Lipinski definition) is 1. The Morgan fingerprint density at radius 3 is 2.61 bits per heavy atom. The molecule has 0 aliphatic carbocycles. The van der Waals surface area contributed by atoms with Gasteiger partial charge in [0.25, 0.3) is 11.6 Å². The van der Waals surface area contributed by atoms with Crippen LogP contribution >= 0.6 is 0 Å². The van der Waals surface area contributed by atoms with Gasteiger partial charge in [-0.3, -0.25) is 24.8 Å². The fraction of sp³-hybridized carbons (Fsp3) is 0.400. The average molecular weight is 438 g/mol. The van der Waals surface area contributed by atoms with E-state index in [1.807, 2.05) is 18.2 Å². The number of hydrogen-bond acceptors (Lipinski definition) is 6. The van der Waals surface area contributed by atoms with Crippen molar-refractivity contribution in [1.29, 1.82) is 0 Å². The minimum Gasteiger partial charge on any atom is -0.484 e. The van der Waals surface area contributed by atoms with E-state index in [0.717, 1.165) is 23.9 Å². The van der Waals surface area contributed by atoms with Crippen molar-refractivity contribution in [3.63, 3.8) is 0 Å². The maximum atomic E-state index is 12.6. The second-order valence-electron chi connectivity index (χ2n) is 7.18. The number of nitro benzene ring substituents is 1. The van der Waals surface area contributed by atoms with E-state index < -0.39 is 29.3 Å². The number of nitro groups is 1. The first-order valence-electron chi connectivity index (χ1n) is 9.62.